The number of hydrogen-bond donors (Lipinski definition) is 0. The van der Waals surface area contributed by atoms with E-state index in [0.29, 0.717) is 17.6 Å². The van der Waals surface area contributed by atoms with E-state index in [0.717, 1.165) is 38.5 Å². The molecule has 2 unspecified atom stereocenters. The number of ketones is 1. The fraction of sp³-hybridized carbons (Fsp3) is 0.872. The van der Waals surface area contributed by atoms with Gasteiger partial charge in [-0.3, -0.25) is 4.79 Å². The van der Waals surface area contributed by atoms with Gasteiger partial charge in [0.25, 0.3) is 0 Å². The number of rotatable bonds is 8. The predicted octanol–water partition coefficient (Wildman–Crippen LogP) is 11.5. The Labute approximate surface area is 287 Å². The topological polar surface area (TPSA) is 44.8 Å². The number of carbonyl (C=O) groups excluding carboxylic acids is 1. The van der Waals surface area contributed by atoms with Gasteiger partial charge in [0.1, 0.15) is 0 Å². The highest BCUT2D eigenvalue weighted by atomic mass is 28.4. The zero-order chi connectivity index (χ0) is 35.1. The SMILES string of the molecule is CC(C)(C)[Si](C)(C)OCC(=O)[C@H]1CC[C@H]2C3=CC=C4CC(O[Si](C)(C)C(C)(C)C)CC(O[Si](C)(C)C(C)(C)C)[C@]4(C)[C@H]3CC[C@]12C. The van der Waals surface area contributed by atoms with Crippen molar-refractivity contribution >= 4 is 30.7 Å². The molecule has 46 heavy (non-hydrogen) atoms. The standard InChI is InChI=1S/C39H72O4Si3/c1-35(2,3)44(12,13)41-26-33(40)32-21-20-30-29-19-18-27-24-28(42-45(14,15)36(4,5)6)25-34(43-46(16,17)37(7,8)9)39(27,11)31(29)22-23-38(30,32)10/h18-19,28,30-32,34H,20-26H2,1-17H3/t28?,30-,31-,32+,34?,38-,39-/m0/s1. The molecule has 0 aliphatic heterocycles. The van der Waals surface area contributed by atoms with Gasteiger partial charge >= 0.3 is 0 Å². The molecule has 0 saturated heterocycles. The smallest absolute Gasteiger partial charge is 0.192 e. The third-order valence-corrected chi connectivity index (χ3v) is 28.4. The van der Waals surface area contributed by atoms with Gasteiger partial charge in [-0.2, -0.15) is 0 Å². The molecule has 0 amide bonds. The molecule has 0 N–H and O–H groups in total. The molecular weight excluding hydrogens is 617 g/mol. The van der Waals surface area contributed by atoms with Crippen LogP contribution in [0.1, 0.15) is 115 Å². The lowest BCUT2D eigenvalue weighted by Gasteiger charge is -2.59. The molecule has 4 rings (SSSR count). The zero-order valence-electron chi connectivity index (χ0n) is 33.1. The Hall–Kier alpha value is -0.319. The van der Waals surface area contributed by atoms with Crippen LogP contribution in [0.2, 0.25) is 54.4 Å². The lowest BCUT2D eigenvalue weighted by atomic mass is 9.49. The van der Waals surface area contributed by atoms with E-state index in [1.165, 1.54) is 5.57 Å². The van der Waals surface area contributed by atoms with Gasteiger partial charge in [-0.15, -0.1) is 0 Å². The summed E-state index contributed by atoms with van der Waals surface area (Å²) < 4.78 is 21.2. The van der Waals surface area contributed by atoms with Gasteiger partial charge in [-0.1, -0.05) is 99.5 Å². The third-order valence-electron chi connectivity index (χ3n) is 14.9. The van der Waals surface area contributed by atoms with Gasteiger partial charge in [0.15, 0.2) is 30.7 Å². The fourth-order valence-electron chi connectivity index (χ4n) is 8.49. The van der Waals surface area contributed by atoms with Crippen molar-refractivity contribution in [2.45, 2.75) is 181 Å². The third kappa shape index (κ3) is 6.74. The van der Waals surface area contributed by atoms with Gasteiger partial charge in [-0.25, -0.2) is 0 Å². The average molecular weight is 689 g/mol. The van der Waals surface area contributed by atoms with Crippen LogP contribution in [0, 0.1) is 28.6 Å². The summed E-state index contributed by atoms with van der Waals surface area (Å²) in [6.07, 6.45) is 11.6. The summed E-state index contributed by atoms with van der Waals surface area (Å²) in [7, 11) is -5.96. The monoisotopic (exact) mass is 688 g/mol. The zero-order valence-corrected chi connectivity index (χ0v) is 36.1. The Balaban J connectivity index is 1.66. The van der Waals surface area contributed by atoms with Gasteiger partial charge in [0.05, 0.1) is 18.8 Å². The molecule has 0 aromatic carbocycles. The van der Waals surface area contributed by atoms with Crippen LogP contribution in [-0.4, -0.2) is 49.6 Å². The molecule has 0 aromatic heterocycles. The molecule has 7 heteroatoms. The van der Waals surface area contributed by atoms with Crippen molar-refractivity contribution in [3.05, 3.63) is 23.3 Å². The first-order valence-corrected chi connectivity index (χ1v) is 27.2. The van der Waals surface area contributed by atoms with Crippen molar-refractivity contribution in [3.8, 4) is 0 Å². The van der Waals surface area contributed by atoms with Gasteiger partial charge in [0.2, 0.25) is 0 Å². The Morgan fingerprint density at radius 1 is 0.761 bits per heavy atom. The minimum absolute atomic E-state index is 0.0103. The van der Waals surface area contributed by atoms with E-state index in [-0.39, 0.29) is 50.7 Å². The number of fused-ring (bicyclic) bond motifs is 5. The van der Waals surface area contributed by atoms with E-state index < -0.39 is 25.0 Å². The second-order valence-corrected chi connectivity index (χ2v) is 35.1. The minimum Gasteiger partial charge on any atom is -0.414 e. The van der Waals surface area contributed by atoms with Crippen LogP contribution in [0.25, 0.3) is 0 Å². The fourth-order valence-corrected chi connectivity index (χ4v) is 12.2. The summed E-state index contributed by atoms with van der Waals surface area (Å²) in [5, 5.41) is 0.430. The molecule has 7 atom stereocenters. The van der Waals surface area contributed by atoms with E-state index in [2.05, 4.69) is 128 Å². The van der Waals surface area contributed by atoms with Crippen LogP contribution < -0.4 is 0 Å². The van der Waals surface area contributed by atoms with E-state index in [4.69, 9.17) is 13.3 Å². The number of hydrogen-bond acceptors (Lipinski definition) is 4. The molecule has 0 spiro atoms. The lowest BCUT2D eigenvalue weighted by Crippen LogP contribution is -2.58. The van der Waals surface area contributed by atoms with Crippen molar-refractivity contribution in [2.24, 2.45) is 28.6 Å². The van der Waals surface area contributed by atoms with Gasteiger partial charge in [0, 0.05) is 11.3 Å². The van der Waals surface area contributed by atoms with Crippen LogP contribution in [0.15, 0.2) is 23.3 Å². The summed E-state index contributed by atoms with van der Waals surface area (Å²) >= 11 is 0. The van der Waals surface area contributed by atoms with Gasteiger partial charge < -0.3 is 13.3 Å². The maximum absolute atomic E-state index is 13.9. The number of Topliss-reactive ketones (excluding diaryl/α,β-unsaturated/α-hetero) is 1. The molecule has 4 aliphatic rings. The van der Waals surface area contributed by atoms with Crippen LogP contribution >= 0.6 is 0 Å². The van der Waals surface area contributed by atoms with E-state index in [9.17, 15) is 4.79 Å². The molecule has 3 saturated carbocycles. The van der Waals surface area contributed by atoms with Crippen molar-refractivity contribution < 1.29 is 18.1 Å². The molecule has 0 aromatic rings. The summed E-state index contributed by atoms with van der Waals surface area (Å²) in [5.74, 6) is 1.36. The first-order valence-electron chi connectivity index (χ1n) is 18.5. The first kappa shape index (κ1) is 38.5. The van der Waals surface area contributed by atoms with Crippen LogP contribution in [0.4, 0.5) is 0 Å². The number of allylic oxidation sites excluding steroid dienone is 3. The lowest BCUT2D eigenvalue weighted by molar-refractivity contribution is -0.129. The molecular formula is C39H72O4Si3. The average Bonchev–Trinajstić information content (AvgIpc) is 3.23. The summed E-state index contributed by atoms with van der Waals surface area (Å²) in [6, 6.07) is 0. The Morgan fingerprint density at radius 2 is 1.30 bits per heavy atom. The predicted molar refractivity (Wildman–Crippen MR) is 203 cm³/mol. The van der Waals surface area contributed by atoms with Crippen molar-refractivity contribution in [1.29, 1.82) is 0 Å². The summed E-state index contributed by atoms with van der Waals surface area (Å²) in [6.45, 7) is 40.4. The molecule has 0 bridgehead atoms. The molecule has 0 heterocycles. The molecule has 264 valence electrons. The largest absolute Gasteiger partial charge is 0.414 e. The second kappa shape index (κ2) is 12.2. The van der Waals surface area contributed by atoms with Crippen molar-refractivity contribution in [2.75, 3.05) is 6.61 Å². The number of carbonyl (C=O) groups is 1. The molecule has 4 nitrogen and oxygen atoms in total. The normalized spacial score (nSPS) is 34.3. The summed E-state index contributed by atoms with van der Waals surface area (Å²) in [5.41, 5.74) is 3.11. The van der Waals surface area contributed by atoms with E-state index in [1.807, 2.05) is 0 Å². The van der Waals surface area contributed by atoms with Crippen molar-refractivity contribution in [1.82, 2.24) is 0 Å². The minimum atomic E-state index is -2.05. The first-order chi connectivity index (χ1) is 20.6. The highest BCUT2D eigenvalue weighted by Crippen LogP contribution is 2.66. The Morgan fingerprint density at radius 3 is 1.85 bits per heavy atom. The maximum Gasteiger partial charge on any atom is 0.192 e. The Kier molecular flexibility index (Phi) is 10.2. The van der Waals surface area contributed by atoms with Crippen molar-refractivity contribution in [3.63, 3.8) is 0 Å². The Bertz CT molecular complexity index is 1230. The van der Waals surface area contributed by atoms with Crippen LogP contribution in [0.3, 0.4) is 0 Å². The summed E-state index contributed by atoms with van der Waals surface area (Å²) in [4.78, 5) is 13.9. The molecule has 4 aliphatic carbocycles. The quantitative estimate of drug-likeness (QED) is 0.238. The van der Waals surface area contributed by atoms with Crippen LogP contribution in [0.5, 0.6) is 0 Å². The second-order valence-electron chi connectivity index (χ2n) is 20.7. The highest BCUT2D eigenvalue weighted by molar-refractivity contribution is 6.75. The van der Waals surface area contributed by atoms with E-state index >= 15 is 0 Å². The van der Waals surface area contributed by atoms with Gasteiger partial charge in [-0.05, 0) is 110 Å². The highest BCUT2D eigenvalue weighted by Gasteiger charge is 2.61. The van der Waals surface area contributed by atoms with E-state index in [1.54, 1.807) is 5.57 Å². The van der Waals surface area contributed by atoms with Crippen LogP contribution in [-0.2, 0) is 18.1 Å². The maximum atomic E-state index is 13.9. The molecule has 3 fully saturated rings. The molecule has 0 radical (unpaired) electrons.